The highest BCUT2D eigenvalue weighted by Crippen LogP contribution is 2.34. The first-order chi connectivity index (χ1) is 16.4. The quantitative estimate of drug-likeness (QED) is 0.287. The van der Waals surface area contributed by atoms with Gasteiger partial charge in [-0.2, -0.15) is 0 Å². The summed E-state index contributed by atoms with van der Waals surface area (Å²) in [6, 6.07) is 17.4. The van der Waals surface area contributed by atoms with E-state index < -0.39 is 6.10 Å². The molecule has 35 heavy (non-hydrogen) atoms. The first-order valence-electron chi connectivity index (χ1n) is 13.5. The number of rotatable bonds is 14. The van der Waals surface area contributed by atoms with Crippen molar-refractivity contribution in [3.8, 4) is 0 Å². The van der Waals surface area contributed by atoms with Crippen LogP contribution in [0.5, 0.6) is 0 Å². The van der Waals surface area contributed by atoms with Gasteiger partial charge in [0, 0.05) is 10.8 Å². The molecule has 3 nitrogen and oxygen atoms in total. The van der Waals surface area contributed by atoms with Gasteiger partial charge >= 0.3 is 0 Å². The Morgan fingerprint density at radius 2 is 1.31 bits per heavy atom. The van der Waals surface area contributed by atoms with Crippen molar-refractivity contribution in [2.75, 3.05) is 13.2 Å². The zero-order chi connectivity index (χ0) is 26.3. The lowest BCUT2D eigenvalue weighted by molar-refractivity contribution is -0.0894. The maximum absolute atomic E-state index is 9.80. The molecule has 2 rings (SSSR count). The van der Waals surface area contributed by atoms with Crippen molar-refractivity contribution in [1.29, 1.82) is 0 Å². The van der Waals surface area contributed by atoms with E-state index in [0.717, 1.165) is 37.7 Å². The fraction of sp³-hybridized carbons (Fsp3) is 0.625. The summed E-state index contributed by atoms with van der Waals surface area (Å²) in [5, 5.41) is 19.5. The van der Waals surface area contributed by atoms with E-state index in [1.807, 2.05) is 12.1 Å². The molecule has 0 spiro atoms. The predicted octanol–water partition coefficient (Wildman–Crippen LogP) is 7.93. The van der Waals surface area contributed by atoms with Crippen LogP contribution in [0.15, 0.2) is 48.5 Å². The molecule has 2 aromatic carbocycles. The van der Waals surface area contributed by atoms with Crippen LogP contribution in [0, 0.1) is 5.41 Å². The van der Waals surface area contributed by atoms with Crippen LogP contribution in [0.2, 0.25) is 0 Å². The van der Waals surface area contributed by atoms with Crippen LogP contribution >= 0.6 is 0 Å². The Kier molecular flexibility index (Phi) is 10.6. The largest absolute Gasteiger partial charge is 0.396 e. The van der Waals surface area contributed by atoms with Gasteiger partial charge in [0.25, 0.3) is 0 Å². The Morgan fingerprint density at radius 1 is 0.800 bits per heavy atom. The predicted molar refractivity (Wildman–Crippen MR) is 148 cm³/mol. The molecule has 0 aliphatic carbocycles. The van der Waals surface area contributed by atoms with Crippen molar-refractivity contribution < 1.29 is 14.9 Å². The smallest absolute Gasteiger partial charge is 0.0761 e. The second-order valence-corrected chi connectivity index (χ2v) is 11.8. The second-order valence-electron chi connectivity index (χ2n) is 11.8. The average molecular weight is 483 g/mol. The molecule has 0 aliphatic heterocycles. The lowest BCUT2D eigenvalue weighted by atomic mass is 9.77. The Morgan fingerprint density at radius 3 is 1.74 bits per heavy atom. The van der Waals surface area contributed by atoms with Crippen LogP contribution in [0.1, 0.15) is 122 Å². The van der Waals surface area contributed by atoms with E-state index in [0.29, 0.717) is 12.5 Å². The first kappa shape index (κ1) is 29.5. The van der Waals surface area contributed by atoms with Crippen LogP contribution in [0.25, 0.3) is 0 Å². The maximum Gasteiger partial charge on any atom is 0.0761 e. The van der Waals surface area contributed by atoms with E-state index in [1.165, 1.54) is 16.7 Å². The molecule has 0 amide bonds. The normalized spacial score (nSPS) is 17.4. The fourth-order valence-electron chi connectivity index (χ4n) is 4.48. The highest BCUT2D eigenvalue weighted by Gasteiger charge is 2.29. The lowest BCUT2D eigenvalue weighted by Gasteiger charge is -2.35. The molecular weight excluding hydrogens is 432 g/mol. The molecule has 4 unspecified atom stereocenters. The molecule has 0 fully saturated rings. The number of hydrogen-bond acceptors (Lipinski definition) is 3. The minimum absolute atomic E-state index is 0.0964. The molecular formula is C32H50O3. The van der Waals surface area contributed by atoms with Gasteiger partial charge in [-0.3, -0.25) is 0 Å². The van der Waals surface area contributed by atoms with E-state index >= 15 is 0 Å². The van der Waals surface area contributed by atoms with Crippen molar-refractivity contribution in [3.63, 3.8) is 0 Å². The van der Waals surface area contributed by atoms with Gasteiger partial charge in [-0.1, -0.05) is 90.1 Å². The molecule has 0 saturated heterocycles. The highest BCUT2D eigenvalue weighted by atomic mass is 16.5. The molecule has 0 saturated carbocycles. The van der Waals surface area contributed by atoms with Crippen LogP contribution in [-0.2, 0) is 10.2 Å². The third-order valence-corrected chi connectivity index (χ3v) is 8.41. The summed E-state index contributed by atoms with van der Waals surface area (Å²) in [4.78, 5) is 0. The summed E-state index contributed by atoms with van der Waals surface area (Å²) in [5.41, 5.74) is 4.50. The van der Waals surface area contributed by atoms with Gasteiger partial charge in [-0.15, -0.1) is 0 Å². The fourth-order valence-corrected chi connectivity index (χ4v) is 4.48. The average Bonchev–Trinajstić information content (AvgIpc) is 2.87. The molecule has 0 heterocycles. The minimum Gasteiger partial charge on any atom is -0.396 e. The molecule has 2 N–H and O–H groups in total. The number of aliphatic hydroxyl groups excluding tert-OH is 2. The van der Waals surface area contributed by atoms with Gasteiger partial charge in [0.1, 0.15) is 0 Å². The molecule has 2 aromatic rings. The Hall–Kier alpha value is -1.68. The number of hydrogen-bond donors (Lipinski definition) is 2. The molecule has 3 heteroatoms. The van der Waals surface area contributed by atoms with Crippen LogP contribution < -0.4 is 0 Å². The van der Waals surface area contributed by atoms with Gasteiger partial charge in [0.15, 0.2) is 0 Å². The van der Waals surface area contributed by atoms with Crippen LogP contribution in [0.4, 0.5) is 0 Å². The van der Waals surface area contributed by atoms with Crippen molar-refractivity contribution in [3.05, 3.63) is 70.8 Å². The zero-order valence-corrected chi connectivity index (χ0v) is 23.5. The molecule has 0 radical (unpaired) electrons. The third kappa shape index (κ3) is 7.90. The Balaban J connectivity index is 1.97. The summed E-state index contributed by atoms with van der Waals surface area (Å²) in [6.07, 6.45) is 4.75. The van der Waals surface area contributed by atoms with Crippen LogP contribution in [-0.4, -0.2) is 29.0 Å². The van der Waals surface area contributed by atoms with E-state index in [-0.39, 0.29) is 23.0 Å². The summed E-state index contributed by atoms with van der Waals surface area (Å²) in [6.45, 7) is 18.0. The summed E-state index contributed by atoms with van der Waals surface area (Å²) >= 11 is 0. The van der Waals surface area contributed by atoms with Gasteiger partial charge in [-0.05, 0) is 74.1 Å². The Labute approximate surface area is 214 Å². The second kappa shape index (κ2) is 12.5. The number of ether oxygens (including phenoxy) is 1. The molecule has 196 valence electrons. The monoisotopic (exact) mass is 482 g/mol. The number of benzene rings is 2. The van der Waals surface area contributed by atoms with Gasteiger partial charge in [-0.25, -0.2) is 0 Å². The van der Waals surface area contributed by atoms with E-state index in [4.69, 9.17) is 4.74 Å². The number of aliphatic hydroxyl groups is 2. The summed E-state index contributed by atoms with van der Waals surface area (Å²) in [7, 11) is 0. The maximum atomic E-state index is 9.80. The van der Waals surface area contributed by atoms with Gasteiger partial charge < -0.3 is 14.9 Å². The first-order valence-corrected chi connectivity index (χ1v) is 13.5. The van der Waals surface area contributed by atoms with Crippen LogP contribution in [0.3, 0.4) is 0 Å². The van der Waals surface area contributed by atoms with Crippen molar-refractivity contribution in [2.45, 2.75) is 111 Å². The lowest BCUT2D eigenvalue weighted by Crippen LogP contribution is -2.35. The van der Waals surface area contributed by atoms with Gasteiger partial charge in [0.2, 0.25) is 0 Å². The minimum atomic E-state index is -0.438. The van der Waals surface area contributed by atoms with Crippen molar-refractivity contribution >= 4 is 0 Å². The molecule has 0 aromatic heterocycles. The van der Waals surface area contributed by atoms with Crippen molar-refractivity contribution in [1.82, 2.24) is 0 Å². The SMILES string of the molecule is CCC(C)(CO)COC(C)(CC)CCCC(C)c1ccc(C(C)(C)c2ccc(C(C)O)cc2)cc1. The summed E-state index contributed by atoms with van der Waals surface area (Å²) in [5.74, 6) is 0.497. The zero-order valence-electron chi connectivity index (χ0n) is 23.5. The van der Waals surface area contributed by atoms with E-state index in [9.17, 15) is 10.2 Å². The van der Waals surface area contributed by atoms with E-state index in [1.54, 1.807) is 6.92 Å². The summed E-state index contributed by atoms with van der Waals surface area (Å²) < 4.78 is 6.35. The topological polar surface area (TPSA) is 49.7 Å². The highest BCUT2D eigenvalue weighted by molar-refractivity contribution is 5.40. The third-order valence-electron chi connectivity index (χ3n) is 8.41. The Bertz CT molecular complexity index is 878. The molecule has 0 aliphatic rings. The molecule has 4 atom stereocenters. The van der Waals surface area contributed by atoms with E-state index in [2.05, 4.69) is 84.9 Å². The standard InChI is InChI=1S/C32H50O3/c1-9-31(7,22-33)23-35-32(8,10-2)21-11-12-24(3)26-13-17-28(18-14-26)30(5,6)29-19-15-27(16-20-29)25(4)34/h13-20,24-25,33-34H,9-12,21-23H2,1-8H3. The van der Waals surface area contributed by atoms with Crippen molar-refractivity contribution in [2.24, 2.45) is 5.41 Å². The molecule has 0 bridgehead atoms. The van der Waals surface area contributed by atoms with Gasteiger partial charge in [0.05, 0.1) is 24.9 Å².